The molecule has 2 atom stereocenters. The van der Waals surface area contributed by atoms with Gasteiger partial charge in [-0.1, -0.05) is 0 Å². The highest BCUT2D eigenvalue weighted by molar-refractivity contribution is 5.26. The molecule has 0 amide bonds. The van der Waals surface area contributed by atoms with Crippen LogP contribution in [-0.4, -0.2) is 43.0 Å². The van der Waals surface area contributed by atoms with E-state index in [4.69, 9.17) is 9.47 Å². The lowest BCUT2D eigenvalue weighted by Gasteiger charge is -2.21. The molecule has 2 rings (SSSR count). The lowest BCUT2D eigenvalue weighted by molar-refractivity contribution is 0.175. The van der Waals surface area contributed by atoms with Gasteiger partial charge in [0.2, 0.25) is 5.95 Å². The van der Waals surface area contributed by atoms with Crippen LogP contribution in [0.4, 0.5) is 5.95 Å². The Balaban J connectivity index is 1.96. The summed E-state index contributed by atoms with van der Waals surface area (Å²) in [5, 5.41) is 3.28. The number of ether oxygens (including phenoxy) is 2. The van der Waals surface area contributed by atoms with Gasteiger partial charge in [-0.25, -0.2) is 4.98 Å². The third-order valence-electron chi connectivity index (χ3n) is 3.34. The molecular weight excluding hydrogens is 218 g/mol. The minimum atomic E-state index is 0.421. The largest absolute Gasteiger partial charge is 0.383 e. The molecule has 0 aromatic carbocycles. The van der Waals surface area contributed by atoms with E-state index in [-0.39, 0.29) is 0 Å². The zero-order valence-electron chi connectivity index (χ0n) is 10.6. The van der Waals surface area contributed by atoms with E-state index < -0.39 is 0 Å². The zero-order chi connectivity index (χ0) is 12.1. The SMILES string of the molecule is COCCNc1nccn1C(C)C1CCOC1. The summed E-state index contributed by atoms with van der Waals surface area (Å²) in [6.07, 6.45) is 5.00. The predicted octanol–water partition coefficient (Wildman–Crippen LogP) is 1.54. The normalized spacial score (nSPS) is 21.6. The summed E-state index contributed by atoms with van der Waals surface area (Å²) in [4.78, 5) is 4.34. The molecule has 0 radical (unpaired) electrons. The summed E-state index contributed by atoms with van der Waals surface area (Å²) in [5.74, 6) is 1.51. The lowest BCUT2D eigenvalue weighted by Crippen LogP contribution is -2.20. The van der Waals surface area contributed by atoms with E-state index in [9.17, 15) is 0 Å². The van der Waals surface area contributed by atoms with Gasteiger partial charge in [0.05, 0.1) is 13.2 Å². The van der Waals surface area contributed by atoms with Crippen LogP contribution in [0.1, 0.15) is 19.4 Å². The van der Waals surface area contributed by atoms with E-state index in [1.807, 2.05) is 12.4 Å². The highest BCUT2D eigenvalue weighted by Gasteiger charge is 2.24. The topological polar surface area (TPSA) is 48.3 Å². The fourth-order valence-corrected chi connectivity index (χ4v) is 2.20. The fourth-order valence-electron chi connectivity index (χ4n) is 2.20. The first-order valence-corrected chi connectivity index (χ1v) is 6.16. The molecule has 1 aliphatic rings. The van der Waals surface area contributed by atoms with Gasteiger partial charge in [-0.05, 0) is 13.3 Å². The molecule has 1 fully saturated rings. The van der Waals surface area contributed by atoms with Crippen LogP contribution in [0, 0.1) is 5.92 Å². The maximum atomic E-state index is 5.44. The second kappa shape index (κ2) is 6.02. The van der Waals surface area contributed by atoms with Crippen LogP contribution >= 0.6 is 0 Å². The number of imidazole rings is 1. The minimum Gasteiger partial charge on any atom is -0.383 e. The quantitative estimate of drug-likeness (QED) is 0.765. The molecule has 5 nitrogen and oxygen atoms in total. The molecule has 1 aromatic rings. The second-order valence-corrected chi connectivity index (χ2v) is 4.44. The summed E-state index contributed by atoms with van der Waals surface area (Å²) in [6.45, 7) is 5.44. The molecule has 5 heteroatoms. The van der Waals surface area contributed by atoms with E-state index in [0.717, 1.165) is 32.1 Å². The number of nitrogens with zero attached hydrogens (tertiary/aromatic N) is 2. The van der Waals surface area contributed by atoms with Crippen molar-refractivity contribution in [3.8, 4) is 0 Å². The summed E-state index contributed by atoms with van der Waals surface area (Å²) in [7, 11) is 1.70. The van der Waals surface area contributed by atoms with Gasteiger partial charge in [-0.3, -0.25) is 0 Å². The van der Waals surface area contributed by atoms with Crippen LogP contribution in [0.3, 0.4) is 0 Å². The van der Waals surface area contributed by atoms with Crippen LogP contribution in [0.25, 0.3) is 0 Å². The number of hydrogen-bond donors (Lipinski definition) is 1. The van der Waals surface area contributed by atoms with E-state index >= 15 is 0 Å². The van der Waals surface area contributed by atoms with Crippen molar-refractivity contribution in [2.24, 2.45) is 5.92 Å². The first-order chi connectivity index (χ1) is 8.33. The molecule has 0 aliphatic carbocycles. The first-order valence-electron chi connectivity index (χ1n) is 6.16. The van der Waals surface area contributed by atoms with Crippen LogP contribution in [-0.2, 0) is 9.47 Å². The van der Waals surface area contributed by atoms with Crippen LogP contribution in [0.15, 0.2) is 12.4 Å². The summed E-state index contributed by atoms with van der Waals surface area (Å²) < 4.78 is 12.7. The Labute approximate surface area is 102 Å². The molecule has 0 spiro atoms. The van der Waals surface area contributed by atoms with Crippen molar-refractivity contribution in [3.63, 3.8) is 0 Å². The number of aromatic nitrogens is 2. The average Bonchev–Trinajstić information content (AvgIpc) is 3.00. The van der Waals surface area contributed by atoms with Gasteiger partial charge in [-0.2, -0.15) is 0 Å². The highest BCUT2D eigenvalue weighted by Crippen LogP contribution is 2.27. The standard InChI is InChI=1S/C12H21N3O2/c1-10(11-3-7-17-9-11)15-6-4-13-12(15)14-5-8-16-2/h4,6,10-11H,3,5,7-9H2,1-2H3,(H,13,14). The van der Waals surface area contributed by atoms with Crippen molar-refractivity contribution in [3.05, 3.63) is 12.4 Å². The molecule has 2 unspecified atom stereocenters. The van der Waals surface area contributed by atoms with Crippen LogP contribution < -0.4 is 5.32 Å². The first kappa shape index (κ1) is 12.4. The van der Waals surface area contributed by atoms with E-state index in [0.29, 0.717) is 18.6 Å². The predicted molar refractivity (Wildman–Crippen MR) is 66.2 cm³/mol. The molecule has 17 heavy (non-hydrogen) atoms. The molecule has 1 N–H and O–H groups in total. The third-order valence-corrected chi connectivity index (χ3v) is 3.34. The summed E-state index contributed by atoms with van der Waals surface area (Å²) >= 11 is 0. The minimum absolute atomic E-state index is 0.421. The van der Waals surface area contributed by atoms with E-state index in [2.05, 4.69) is 21.8 Å². The Morgan fingerprint density at radius 3 is 3.29 bits per heavy atom. The van der Waals surface area contributed by atoms with Gasteiger partial charge < -0.3 is 19.4 Å². The molecule has 2 heterocycles. The summed E-state index contributed by atoms with van der Waals surface area (Å²) in [5.41, 5.74) is 0. The molecular formula is C12H21N3O2. The van der Waals surface area contributed by atoms with E-state index in [1.54, 1.807) is 7.11 Å². The molecule has 96 valence electrons. The number of anilines is 1. The van der Waals surface area contributed by atoms with Gasteiger partial charge in [0.15, 0.2) is 0 Å². The Hall–Kier alpha value is -1.07. The highest BCUT2D eigenvalue weighted by atomic mass is 16.5. The molecule has 1 aliphatic heterocycles. The zero-order valence-corrected chi connectivity index (χ0v) is 10.6. The molecule has 1 saturated heterocycles. The number of hydrogen-bond acceptors (Lipinski definition) is 4. The average molecular weight is 239 g/mol. The smallest absolute Gasteiger partial charge is 0.203 e. The number of nitrogens with one attached hydrogen (secondary N) is 1. The molecule has 0 bridgehead atoms. The Morgan fingerprint density at radius 2 is 2.59 bits per heavy atom. The Morgan fingerprint density at radius 1 is 1.71 bits per heavy atom. The monoisotopic (exact) mass is 239 g/mol. The van der Waals surface area contributed by atoms with Crippen molar-refractivity contribution < 1.29 is 9.47 Å². The van der Waals surface area contributed by atoms with Gasteiger partial charge in [0.1, 0.15) is 0 Å². The van der Waals surface area contributed by atoms with E-state index in [1.165, 1.54) is 0 Å². The Bertz CT molecular complexity index is 334. The van der Waals surface area contributed by atoms with Gasteiger partial charge >= 0.3 is 0 Å². The van der Waals surface area contributed by atoms with Crippen molar-refractivity contribution >= 4 is 5.95 Å². The van der Waals surface area contributed by atoms with Crippen molar-refractivity contribution in [2.75, 3.05) is 38.8 Å². The molecule has 1 aromatic heterocycles. The lowest BCUT2D eigenvalue weighted by atomic mass is 10.0. The maximum Gasteiger partial charge on any atom is 0.203 e. The van der Waals surface area contributed by atoms with Crippen molar-refractivity contribution in [2.45, 2.75) is 19.4 Å². The van der Waals surface area contributed by atoms with Gasteiger partial charge in [-0.15, -0.1) is 0 Å². The van der Waals surface area contributed by atoms with Gasteiger partial charge in [0.25, 0.3) is 0 Å². The maximum absolute atomic E-state index is 5.44. The van der Waals surface area contributed by atoms with Crippen LogP contribution in [0.2, 0.25) is 0 Å². The fraction of sp³-hybridized carbons (Fsp3) is 0.750. The van der Waals surface area contributed by atoms with Crippen LogP contribution in [0.5, 0.6) is 0 Å². The number of methoxy groups -OCH3 is 1. The molecule has 0 saturated carbocycles. The van der Waals surface area contributed by atoms with Crippen molar-refractivity contribution in [1.82, 2.24) is 9.55 Å². The second-order valence-electron chi connectivity index (χ2n) is 4.44. The number of rotatable bonds is 6. The summed E-state index contributed by atoms with van der Waals surface area (Å²) in [6, 6.07) is 0.421. The van der Waals surface area contributed by atoms with Crippen molar-refractivity contribution in [1.29, 1.82) is 0 Å². The Kier molecular flexibility index (Phi) is 4.39. The van der Waals surface area contributed by atoms with Gasteiger partial charge in [0, 0.05) is 44.6 Å². The third kappa shape index (κ3) is 2.98.